The topological polar surface area (TPSA) is 52.6 Å². The van der Waals surface area contributed by atoms with Crippen molar-refractivity contribution in [3.05, 3.63) is 65.5 Å². The van der Waals surface area contributed by atoms with Crippen molar-refractivity contribution < 1.29 is 0 Å². The Balaban J connectivity index is 0.00000243. The number of aromatic nitrogens is 1. The van der Waals surface area contributed by atoms with Gasteiger partial charge in [-0.25, -0.2) is 0 Å². The second-order valence-electron chi connectivity index (χ2n) is 6.40. The van der Waals surface area contributed by atoms with Crippen molar-refractivity contribution >= 4 is 29.9 Å². The van der Waals surface area contributed by atoms with Crippen LogP contribution in [0.5, 0.6) is 0 Å². The molecule has 1 fully saturated rings. The zero-order valence-electron chi connectivity index (χ0n) is 15.3. The fourth-order valence-corrected chi connectivity index (χ4v) is 3.04. The van der Waals surface area contributed by atoms with E-state index >= 15 is 0 Å². The molecule has 2 aromatic rings. The molecule has 3 rings (SSSR count). The Morgan fingerprint density at radius 3 is 2.35 bits per heavy atom. The first-order chi connectivity index (χ1) is 12.3. The van der Waals surface area contributed by atoms with Crippen LogP contribution in [0.2, 0.25) is 0 Å². The number of nitrogens with zero attached hydrogens (tertiary/aromatic N) is 3. The number of halogens is 1. The minimum absolute atomic E-state index is 0. The lowest BCUT2D eigenvalue weighted by Crippen LogP contribution is -2.36. The van der Waals surface area contributed by atoms with E-state index in [1.807, 2.05) is 18.2 Å². The molecule has 1 aromatic heterocycles. The standard InChI is InChI=1S/C20H27N5.HI/c1-21-20(24-15-19-6-2-3-11-22-19)23-14-17-7-9-18(10-8-17)16-25-12-4-5-13-25;/h2-3,6-11H,4-5,12-16H2,1H3,(H2,21,23,24);1H. The molecule has 26 heavy (non-hydrogen) atoms. The number of benzene rings is 1. The summed E-state index contributed by atoms with van der Waals surface area (Å²) in [6, 6.07) is 14.8. The van der Waals surface area contributed by atoms with Crippen LogP contribution in [0.4, 0.5) is 0 Å². The highest BCUT2D eigenvalue weighted by molar-refractivity contribution is 14.0. The van der Waals surface area contributed by atoms with Gasteiger partial charge in [-0.1, -0.05) is 30.3 Å². The van der Waals surface area contributed by atoms with Gasteiger partial charge in [0.2, 0.25) is 0 Å². The van der Waals surface area contributed by atoms with Gasteiger partial charge in [-0.15, -0.1) is 24.0 Å². The van der Waals surface area contributed by atoms with Gasteiger partial charge in [0.05, 0.1) is 12.2 Å². The van der Waals surface area contributed by atoms with E-state index in [9.17, 15) is 0 Å². The number of hydrogen-bond donors (Lipinski definition) is 2. The first-order valence-corrected chi connectivity index (χ1v) is 8.98. The number of nitrogens with one attached hydrogen (secondary N) is 2. The Kier molecular flexibility index (Phi) is 8.84. The van der Waals surface area contributed by atoms with Crippen molar-refractivity contribution in [1.82, 2.24) is 20.5 Å². The lowest BCUT2D eigenvalue weighted by atomic mass is 10.1. The molecule has 0 atom stereocenters. The third-order valence-corrected chi connectivity index (χ3v) is 4.47. The van der Waals surface area contributed by atoms with Crippen LogP contribution in [0, 0.1) is 0 Å². The third kappa shape index (κ3) is 6.57. The smallest absolute Gasteiger partial charge is 0.191 e. The molecule has 1 aromatic carbocycles. The Labute approximate surface area is 173 Å². The van der Waals surface area contributed by atoms with Gasteiger partial charge >= 0.3 is 0 Å². The first-order valence-electron chi connectivity index (χ1n) is 8.98. The summed E-state index contributed by atoms with van der Waals surface area (Å²) < 4.78 is 0. The summed E-state index contributed by atoms with van der Waals surface area (Å²) in [6.07, 6.45) is 4.48. The Morgan fingerprint density at radius 1 is 1.00 bits per heavy atom. The van der Waals surface area contributed by atoms with Crippen LogP contribution in [-0.4, -0.2) is 36.0 Å². The summed E-state index contributed by atoms with van der Waals surface area (Å²) in [5, 5.41) is 6.63. The first kappa shape index (κ1) is 20.6. The average molecular weight is 465 g/mol. The highest BCUT2D eigenvalue weighted by atomic mass is 127. The molecule has 1 aliphatic heterocycles. The highest BCUT2D eigenvalue weighted by Crippen LogP contribution is 2.13. The minimum Gasteiger partial charge on any atom is -0.352 e. The lowest BCUT2D eigenvalue weighted by molar-refractivity contribution is 0.331. The van der Waals surface area contributed by atoms with Crippen molar-refractivity contribution in [1.29, 1.82) is 0 Å². The van der Waals surface area contributed by atoms with Crippen molar-refractivity contribution in [2.75, 3.05) is 20.1 Å². The molecule has 2 heterocycles. The number of pyridine rings is 1. The molecule has 0 saturated carbocycles. The average Bonchev–Trinajstić information content (AvgIpc) is 3.17. The maximum Gasteiger partial charge on any atom is 0.191 e. The number of rotatable bonds is 6. The zero-order valence-corrected chi connectivity index (χ0v) is 17.6. The van der Waals surface area contributed by atoms with Gasteiger partial charge in [-0.05, 0) is 49.2 Å². The number of likely N-dealkylation sites (tertiary alicyclic amines) is 1. The quantitative estimate of drug-likeness (QED) is 0.391. The monoisotopic (exact) mass is 465 g/mol. The zero-order chi connectivity index (χ0) is 17.3. The van der Waals surface area contributed by atoms with Crippen LogP contribution in [-0.2, 0) is 19.6 Å². The van der Waals surface area contributed by atoms with Crippen molar-refractivity contribution in [2.45, 2.75) is 32.5 Å². The summed E-state index contributed by atoms with van der Waals surface area (Å²) in [4.78, 5) is 11.1. The van der Waals surface area contributed by atoms with Gasteiger partial charge in [0.25, 0.3) is 0 Å². The fraction of sp³-hybridized carbons (Fsp3) is 0.400. The maximum atomic E-state index is 4.31. The summed E-state index contributed by atoms with van der Waals surface area (Å²) in [5.41, 5.74) is 3.64. The van der Waals surface area contributed by atoms with Gasteiger partial charge in [0.15, 0.2) is 5.96 Å². The van der Waals surface area contributed by atoms with E-state index in [0.717, 1.165) is 24.7 Å². The molecule has 0 unspecified atom stereocenters. The van der Waals surface area contributed by atoms with E-state index in [-0.39, 0.29) is 24.0 Å². The van der Waals surface area contributed by atoms with E-state index in [2.05, 4.69) is 49.8 Å². The Bertz CT molecular complexity index is 666. The normalized spacial score (nSPS) is 14.7. The molecule has 6 heteroatoms. The van der Waals surface area contributed by atoms with Crippen LogP contribution in [0.1, 0.15) is 29.7 Å². The molecule has 0 bridgehead atoms. The molecule has 2 N–H and O–H groups in total. The van der Waals surface area contributed by atoms with Crippen LogP contribution in [0.15, 0.2) is 53.7 Å². The number of guanidine groups is 1. The van der Waals surface area contributed by atoms with Crippen LogP contribution in [0.25, 0.3) is 0 Å². The maximum absolute atomic E-state index is 4.31. The van der Waals surface area contributed by atoms with Crippen LogP contribution in [0.3, 0.4) is 0 Å². The molecule has 5 nitrogen and oxygen atoms in total. The Morgan fingerprint density at radius 2 is 1.69 bits per heavy atom. The fourth-order valence-electron chi connectivity index (χ4n) is 3.04. The summed E-state index contributed by atoms with van der Waals surface area (Å²) in [6.45, 7) is 4.96. The van der Waals surface area contributed by atoms with E-state index in [1.165, 1.54) is 37.1 Å². The summed E-state index contributed by atoms with van der Waals surface area (Å²) in [7, 11) is 1.78. The van der Waals surface area contributed by atoms with Crippen molar-refractivity contribution in [2.24, 2.45) is 4.99 Å². The molecule has 1 aliphatic rings. The van der Waals surface area contributed by atoms with E-state index in [4.69, 9.17) is 0 Å². The predicted molar refractivity (Wildman–Crippen MR) is 118 cm³/mol. The number of aliphatic imine (C=N–C) groups is 1. The van der Waals surface area contributed by atoms with Crippen LogP contribution >= 0.6 is 24.0 Å². The summed E-state index contributed by atoms with van der Waals surface area (Å²) >= 11 is 0. The van der Waals surface area contributed by atoms with Gasteiger partial charge in [0, 0.05) is 26.3 Å². The molecule has 140 valence electrons. The van der Waals surface area contributed by atoms with Gasteiger partial charge in [-0.3, -0.25) is 14.9 Å². The molecule has 0 aliphatic carbocycles. The second kappa shape index (κ2) is 11.1. The molecular weight excluding hydrogens is 437 g/mol. The van der Waals surface area contributed by atoms with Crippen molar-refractivity contribution in [3.63, 3.8) is 0 Å². The third-order valence-electron chi connectivity index (χ3n) is 4.47. The molecule has 0 spiro atoms. The minimum atomic E-state index is 0. The SMILES string of the molecule is CN=C(NCc1ccc(CN2CCCC2)cc1)NCc1ccccn1.I. The van der Waals surface area contributed by atoms with Crippen molar-refractivity contribution in [3.8, 4) is 0 Å². The largest absolute Gasteiger partial charge is 0.352 e. The van der Waals surface area contributed by atoms with Gasteiger partial charge in [-0.2, -0.15) is 0 Å². The van der Waals surface area contributed by atoms with Crippen LogP contribution < -0.4 is 10.6 Å². The molecular formula is C20H28IN5. The highest BCUT2D eigenvalue weighted by Gasteiger charge is 2.11. The Hall–Kier alpha value is -1.67. The predicted octanol–water partition coefficient (Wildman–Crippen LogP) is 3.16. The molecule has 1 saturated heterocycles. The second-order valence-corrected chi connectivity index (χ2v) is 6.40. The van der Waals surface area contributed by atoms with E-state index in [1.54, 1.807) is 13.2 Å². The number of hydrogen-bond acceptors (Lipinski definition) is 3. The van der Waals surface area contributed by atoms with Gasteiger partial charge < -0.3 is 10.6 Å². The molecule has 0 amide bonds. The van der Waals surface area contributed by atoms with E-state index in [0.29, 0.717) is 6.54 Å². The molecule has 0 radical (unpaired) electrons. The van der Waals surface area contributed by atoms with E-state index < -0.39 is 0 Å². The lowest BCUT2D eigenvalue weighted by Gasteiger charge is -2.15. The van der Waals surface area contributed by atoms with Gasteiger partial charge in [0.1, 0.15) is 0 Å². The summed E-state index contributed by atoms with van der Waals surface area (Å²) in [5.74, 6) is 0.784.